The van der Waals surface area contributed by atoms with Crippen LogP contribution in [-0.2, 0) is 4.79 Å². The smallest absolute Gasteiger partial charge is 0.344 e. The lowest BCUT2D eigenvalue weighted by molar-refractivity contribution is -0.121. The number of nitrogens with zero attached hydrogens (tertiary/aromatic N) is 1. The summed E-state index contributed by atoms with van der Waals surface area (Å²) in [7, 11) is 0. The Labute approximate surface area is 210 Å². The van der Waals surface area contributed by atoms with Crippen LogP contribution in [0.5, 0.6) is 5.75 Å². The van der Waals surface area contributed by atoms with Gasteiger partial charge in [0.2, 0.25) is 5.91 Å². The molecule has 0 aliphatic carbocycles. The van der Waals surface area contributed by atoms with Crippen molar-refractivity contribution in [1.29, 1.82) is 0 Å². The number of hydrazone groups is 1. The van der Waals surface area contributed by atoms with Crippen molar-refractivity contribution in [2.75, 3.05) is 6.54 Å². The standard InChI is InChI=1S/C25H21BrClN3O4/c26-21-8-3-1-6-19(21)25(33)34-18-13-11-17(12-14-18)16-29-30-23(31)10-5-15-28-24(32)20-7-2-4-9-22(20)27/h1-4,6-9,11-14,16H,5,10,15H2,(H,28,32)(H,30,31)/b29-16+. The molecule has 0 fully saturated rings. The van der Waals surface area contributed by atoms with Gasteiger partial charge in [-0.3, -0.25) is 9.59 Å². The highest BCUT2D eigenvalue weighted by Crippen LogP contribution is 2.19. The Balaban J connectivity index is 1.38. The van der Waals surface area contributed by atoms with Crippen molar-refractivity contribution in [1.82, 2.24) is 10.7 Å². The van der Waals surface area contributed by atoms with Crippen molar-refractivity contribution in [3.8, 4) is 5.75 Å². The SMILES string of the molecule is O=C(CCCNC(=O)c1ccccc1Cl)N/N=C/c1ccc(OC(=O)c2ccccc2Br)cc1. The second-order valence-corrected chi connectivity index (χ2v) is 8.33. The van der Waals surface area contributed by atoms with Crippen LogP contribution < -0.4 is 15.5 Å². The maximum Gasteiger partial charge on any atom is 0.344 e. The third-order valence-corrected chi connectivity index (χ3v) is 5.59. The first-order valence-corrected chi connectivity index (χ1v) is 11.5. The Morgan fingerprint density at radius 2 is 1.62 bits per heavy atom. The molecule has 9 heteroatoms. The minimum Gasteiger partial charge on any atom is -0.423 e. The number of carbonyl (C=O) groups is 3. The van der Waals surface area contributed by atoms with E-state index >= 15 is 0 Å². The predicted octanol–water partition coefficient (Wildman–Crippen LogP) is 4.98. The number of benzene rings is 3. The van der Waals surface area contributed by atoms with Crippen LogP contribution >= 0.6 is 27.5 Å². The van der Waals surface area contributed by atoms with E-state index in [1.54, 1.807) is 66.7 Å². The summed E-state index contributed by atoms with van der Waals surface area (Å²) in [5.41, 5.74) is 3.98. The highest BCUT2D eigenvalue weighted by Gasteiger charge is 2.12. The number of amides is 2. The van der Waals surface area contributed by atoms with Crippen LogP contribution in [0.4, 0.5) is 0 Å². The van der Waals surface area contributed by atoms with Crippen molar-refractivity contribution >= 4 is 51.5 Å². The third-order valence-electron chi connectivity index (χ3n) is 4.57. The molecule has 0 aliphatic heterocycles. The summed E-state index contributed by atoms with van der Waals surface area (Å²) < 4.78 is 6.02. The summed E-state index contributed by atoms with van der Waals surface area (Å²) in [4.78, 5) is 36.2. The van der Waals surface area contributed by atoms with E-state index in [0.29, 0.717) is 44.9 Å². The lowest BCUT2D eigenvalue weighted by Crippen LogP contribution is -2.26. The first kappa shape index (κ1) is 25.1. The van der Waals surface area contributed by atoms with Crippen molar-refractivity contribution in [3.05, 3.63) is 99.0 Å². The molecule has 0 saturated heterocycles. The Morgan fingerprint density at radius 3 is 2.32 bits per heavy atom. The lowest BCUT2D eigenvalue weighted by atomic mass is 10.2. The van der Waals surface area contributed by atoms with Gasteiger partial charge in [0.25, 0.3) is 5.91 Å². The molecule has 0 unspecified atom stereocenters. The molecule has 0 saturated carbocycles. The van der Waals surface area contributed by atoms with E-state index < -0.39 is 5.97 Å². The zero-order valence-electron chi connectivity index (χ0n) is 18.0. The number of nitrogens with one attached hydrogen (secondary N) is 2. The van der Waals surface area contributed by atoms with Gasteiger partial charge in [0.1, 0.15) is 5.75 Å². The molecule has 0 heterocycles. The summed E-state index contributed by atoms with van der Waals surface area (Å²) >= 11 is 9.31. The monoisotopic (exact) mass is 541 g/mol. The minimum absolute atomic E-state index is 0.198. The van der Waals surface area contributed by atoms with E-state index in [-0.39, 0.29) is 18.2 Å². The van der Waals surface area contributed by atoms with Gasteiger partial charge in [-0.2, -0.15) is 5.10 Å². The first-order valence-electron chi connectivity index (χ1n) is 10.4. The van der Waals surface area contributed by atoms with Crippen molar-refractivity contribution in [3.63, 3.8) is 0 Å². The van der Waals surface area contributed by atoms with E-state index in [9.17, 15) is 14.4 Å². The van der Waals surface area contributed by atoms with Crippen LogP contribution in [-0.4, -0.2) is 30.5 Å². The fourth-order valence-electron chi connectivity index (χ4n) is 2.84. The predicted molar refractivity (Wildman–Crippen MR) is 134 cm³/mol. The molecule has 0 bridgehead atoms. The van der Waals surface area contributed by atoms with Crippen LogP contribution in [0, 0.1) is 0 Å². The molecular formula is C25H21BrClN3O4. The van der Waals surface area contributed by atoms with E-state index in [2.05, 4.69) is 31.8 Å². The van der Waals surface area contributed by atoms with Gasteiger partial charge in [0.05, 0.1) is 22.4 Å². The van der Waals surface area contributed by atoms with Crippen LogP contribution in [0.25, 0.3) is 0 Å². The van der Waals surface area contributed by atoms with Gasteiger partial charge in [-0.05, 0) is 76.4 Å². The largest absolute Gasteiger partial charge is 0.423 e. The highest BCUT2D eigenvalue weighted by molar-refractivity contribution is 9.10. The highest BCUT2D eigenvalue weighted by atomic mass is 79.9. The Kier molecular flexibility index (Phi) is 9.37. The summed E-state index contributed by atoms with van der Waals surface area (Å²) in [5, 5.41) is 7.03. The number of rotatable bonds is 9. The topological polar surface area (TPSA) is 96.9 Å². The summed E-state index contributed by atoms with van der Waals surface area (Å²) in [6, 6.07) is 20.5. The van der Waals surface area contributed by atoms with E-state index in [1.165, 1.54) is 6.21 Å². The zero-order valence-corrected chi connectivity index (χ0v) is 20.3. The molecule has 0 aliphatic rings. The number of ether oxygens (including phenoxy) is 1. The second-order valence-electron chi connectivity index (χ2n) is 7.07. The number of esters is 1. The fraction of sp³-hybridized carbons (Fsp3) is 0.120. The molecule has 7 nitrogen and oxygen atoms in total. The van der Waals surface area contributed by atoms with Crippen molar-refractivity contribution in [2.45, 2.75) is 12.8 Å². The minimum atomic E-state index is -0.468. The number of hydrogen-bond donors (Lipinski definition) is 2. The maximum absolute atomic E-state index is 12.2. The molecule has 3 aromatic carbocycles. The first-order chi connectivity index (χ1) is 16.4. The van der Waals surface area contributed by atoms with Crippen LogP contribution in [0.15, 0.2) is 82.4 Å². The molecular weight excluding hydrogens is 522 g/mol. The average molecular weight is 543 g/mol. The number of halogens is 2. The summed E-state index contributed by atoms with van der Waals surface area (Å²) in [6.45, 7) is 0.334. The summed E-state index contributed by atoms with van der Waals surface area (Å²) in [5.74, 6) is -0.637. The maximum atomic E-state index is 12.2. The Morgan fingerprint density at radius 1 is 0.941 bits per heavy atom. The van der Waals surface area contributed by atoms with Gasteiger partial charge in [-0.15, -0.1) is 0 Å². The molecule has 3 aromatic rings. The molecule has 3 rings (SSSR count). The molecule has 2 N–H and O–H groups in total. The quantitative estimate of drug-likeness (QED) is 0.131. The van der Waals surface area contributed by atoms with Crippen LogP contribution in [0.3, 0.4) is 0 Å². The van der Waals surface area contributed by atoms with Gasteiger partial charge >= 0.3 is 5.97 Å². The Bertz CT molecular complexity index is 1200. The van der Waals surface area contributed by atoms with Crippen molar-refractivity contribution < 1.29 is 19.1 Å². The Hall–Kier alpha value is -3.49. The zero-order chi connectivity index (χ0) is 24.3. The van der Waals surface area contributed by atoms with Gasteiger partial charge in [0.15, 0.2) is 0 Å². The fourth-order valence-corrected chi connectivity index (χ4v) is 3.51. The van der Waals surface area contributed by atoms with Gasteiger partial charge in [-0.25, -0.2) is 10.2 Å². The van der Waals surface area contributed by atoms with E-state index in [0.717, 1.165) is 0 Å². The van der Waals surface area contributed by atoms with Crippen LogP contribution in [0.2, 0.25) is 5.02 Å². The number of carbonyl (C=O) groups excluding carboxylic acids is 3. The van der Waals surface area contributed by atoms with Gasteiger partial charge < -0.3 is 10.1 Å². The normalized spacial score (nSPS) is 10.6. The van der Waals surface area contributed by atoms with E-state index in [4.69, 9.17) is 16.3 Å². The molecule has 2 amide bonds. The molecule has 0 aromatic heterocycles. The number of hydrogen-bond acceptors (Lipinski definition) is 5. The van der Waals surface area contributed by atoms with Crippen LogP contribution in [0.1, 0.15) is 39.1 Å². The average Bonchev–Trinajstić information content (AvgIpc) is 2.83. The second kappa shape index (κ2) is 12.7. The molecule has 0 atom stereocenters. The summed E-state index contributed by atoms with van der Waals surface area (Å²) in [6.07, 6.45) is 2.13. The van der Waals surface area contributed by atoms with E-state index in [1.807, 2.05) is 6.07 Å². The lowest BCUT2D eigenvalue weighted by Gasteiger charge is -2.06. The molecule has 0 radical (unpaired) electrons. The molecule has 174 valence electrons. The molecule has 0 spiro atoms. The van der Waals surface area contributed by atoms with Gasteiger partial charge in [-0.1, -0.05) is 35.9 Å². The third kappa shape index (κ3) is 7.54. The molecule has 34 heavy (non-hydrogen) atoms. The van der Waals surface area contributed by atoms with Crippen molar-refractivity contribution in [2.24, 2.45) is 5.10 Å². The van der Waals surface area contributed by atoms with Gasteiger partial charge in [0, 0.05) is 17.4 Å².